The van der Waals surface area contributed by atoms with E-state index >= 15 is 0 Å². The number of carboxylic acid groups (broad SMARTS) is 1. The van der Waals surface area contributed by atoms with Crippen LogP contribution in [0.15, 0.2) is 40.8 Å². The molecule has 0 spiro atoms. The van der Waals surface area contributed by atoms with Crippen LogP contribution in [0.2, 0.25) is 0 Å². The minimum atomic E-state index is -5.08. The number of aliphatic carboxylic acids is 1. The first-order valence-corrected chi connectivity index (χ1v) is 12.4. The van der Waals surface area contributed by atoms with Crippen molar-refractivity contribution in [1.82, 2.24) is 10.6 Å². The summed E-state index contributed by atoms with van der Waals surface area (Å²) in [4.78, 5) is 21.8. The molecule has 0 radical (unpaired) electrons. The first-order valence-electron chi connectivity index (χ1n) is 12.4. The molecule has 4 rings (SSSR count). The molecule has 0 unspecified atom stereocenters. The summed E-state index contributed by atoms with van der Waals surface area (Å²) in [5.41, 5.74) is -0.180. The first kappa shape index (κ1) is 31.5. The van der Waals surface area contributed by atoms with E-state index < -0.39 is 41.9 Å². The fourth-order valence-corrected chi connectivity index (χ4v) is 4.10. The lowest BCUT2D eigenvalue weighted by Gasteiger charge is -2.29. The van der Waals surface area contributed by atoms with Crippen LogP contribution in [0.5, 0.6) is 5.75 Å². The molecule has 41 heavy (non-hydrogen) atoms. The van der Waals surface area contributed by atoms with E-state index in [1.54, 1.807) is 24.3 Å². The lowest BCUT2D eigenvalue weighted by Crippen LogP contribution is -2.52. The topological polar surface area (TPSA) is 125 Å². The van der Waals surface area contributed by atoms with Crippen molar-refractivity contribution in [3.8, 4) is 11.8 Å². The third kappa shape index (κ3) is 7.81. The van der Waals surface area contributed by atoms with Gasteiger partial charge in [-0.3, -0.25) is 10.1 Å². The van der Waals surface area contributed by atoms with Crippen molar-refractivity contribution in [2.24, 2.45) is 5.92 Å². The lowest BCUT2D eigenvalue weighted by molar-refractivity contribution is -0.192. The number of alkyl halides is 6. The average molecular weight is 588 g/mol. The number of hydrogen-bond acceptors (Lipinski definition) is 6. The molecular weight excluding hydrogens is 560 g/mol. The van der Waals surface area contributed by atoms with Crippen molar-refractivity contribution in [2.45, 2.75) is 63.1 Å². The first-order chi connectivity index (χ1) is 19.0. The monoisotopic (exact) mass is 587 g/mol. The number of methoxy groups -OCH3 is 1. The molecule has 3 N–H and O–H groups in total. The van der Waals surface area contributed by atoms with E-state index in [0.29, 0.717) is 35.1 Å². The summed E-state index contributed by atoms with van der Waals surface area (Å²) >= 11 is 0. The second-order valence-corrected chi connectivity index (χ2v) is 10.0. The van der Waals surface area contributed by atoms with E-state index in [2.05, 4.69) is 10.6 Å². The van der Waals surface area contributed by atoms with Crippen molar-refractivity contribution < 1.29 is 50.2 Å². The van der Waals surface area contributed by atoms with E-state index in [1.807, 2.05) is 19.9 Å². The Morgan fingerprint density at radius 1 is 1.07 bits per heavy atom. The number of fused-ring (bicyclic) bond motifs is 3. The van der Waals surface area contributed by atoms with Crippen molar-refractivity contribution in [1.29, 1.82) is 5.26 Å². The molecule has 0 saturated heterocycles. The third-order valence-electron chi connectivity index (χ3n) is 6.32. The van der Waals surface area contributed by atoms with Gasteiger partial charge in [0.25, 0.3) is 0 Å². The van der Waals surface area contributed by atoms with Crippen LogP contribution in [0.1, 0.15) is 44.7 Å². The highest BCUT2D eigenvalue weighted by Gasteiger charge is 2.47. The Labute approximate surface area is 230 Å². The van der Waals surface area contributed by atoms with Gasteiger partial charge in [-0.1, -0.05) is 26.0 Å². The highest BCUT2D eigenvalue weighted by Crippen LogP contribution is 2.38. The predicted octanol–water partition coefficient (Wildman–Crippen LogP) is 6.01. The van der Waals surface area contributed by atoms with Crippen LogP contribution in [0.4, 0.5) is 26.3 Å². The Kier molecular flexibility index (Phi) is 9.12. The largest absolute Gasteiger partial charge is 0.497 e. The number of nitrogens with zero attached hydrogens (tertiary/aromatic N) is 1. The van der Waals surface area contributed by atoms with E-state index in [-0.39, 0.29) is 17.9 Å². The average Bonchev–Trinajstić information content (AvgIpc) is 3.56. The molecule has 1 aromatic heterocycles. The molecule has 2 atom stereocenters. The Morgan fingerprint density at radius 2 is 1.71 bits per heavy atom. The van der Waals surface area contributed by atoms with Crippen LogP contribution in [0.3, 0.4) is 0 Å². The van der Waals surface area contributed by atoms with Gasteiger partial charge in [0.2, 0.25) is 5.91 Å². The van der Waals surface area contributed by atoms with E-state index in [4.69, 9.17) is 19.1 Å². The van der Waals surface area contributed by atoms with Gasteiger partial charge in [0.05, 0.1) is 19.2 Å². The molecule has 0 aliphatic heterocycles. The number of benzene rings is 2. The van der Waals surface area contributed by atoms with Gasteiger partial charge in [0.15, 0.2) is 0 Å². The molecule has 1 aliphatic carbocycles. The normalized spacial score (nSPS) is 15.9. The number of halogens is 6. The number of nitriles is 1. The summed E-state index contributed by atoms with van der Waals surface area (Å²) in [6.45, 7) is 3.66. The fraction of sp³-hybridized carbons (Fsp3) is 0.444. The molecule has 8 nitrogen and oxygen atoms in total. The Bertz CT molecular complexity index is 1450. The molecule has 14 heteroatoms. The molecule has 1 heterocycles. The summed E-state index contributed by atoms with van der Waals surface area (Å²) < 4.78 is 85.3. The van der Waals surface area contributed by atoms with Gasteiger partial charge in [-0.25, -0.2) is 4.79 Å². The highest BCUT2D eigenvalue weighted by atomic mass is 19.4. The summed E-state index contributed by atoms with van der Waals surface area (Å²) in [6, 6.07) is 8.37. The second kappa shape index (κ2) is 11.9. The van der Waals surface area contributed by atoms with Crippen molar-refractivity contribution in [3.05, 3.63) is 42.0 Å². The van der Waals surface area contributed by atoms with Gasteiger partial charge < -0.3 is 19.6 Å². The molecule has 3 aromatic rings. The van der Waals surface area contributed by atoms with E-state index in [1.165, 1.54) is 19.2 Å². The van der Waals surface area contributed by atoms with Gasteiger partial charge in [0, 0.05) is 10.8 Å². The molecule has 1 aliphatic rings. The number of furan rings is 1. The number of ether oxygens (including phenoxy) is 1. The fourth-order valence-electron chi connectivity index (χ4n) is 4.10. The number of rotatable bonds is 8. The molecular formula is C27H27F6N3O5. The Morgan fingerprint density at radius 3 is 2.20 bits per heavy atom. The Hall–Kier alpha value is -3.99. The minimum absolute atomic E-state index is 0.0396. The summed E-state index contributed by atoms with van der Waals surface area (Å²) in [5.74, 6) is -2.78. The van der Waals surface area contributed by atoms with Crippen LogP contribution in [0, 0.1) is 17.2 Å². The lowest BCUT2D eigenvalue weighted by atomic mass is 9.98. The molecule has 1 amide bonds. The van der Waals surface area contributed by atoms with Gasteiger partial charge >= 0.3 is 18.3 Å². The zero-order valence-electron chi connectivity index (χ0n) is 22.1. The quantitative estimate of drug-likeness (QED) is 0.276. The third-order valence-corrected chi connectivity index (χ3v) is 6.32. The molecule has 1 saturated carbocycles. The number of carboxylic acids is 1. The van der Waals surface area contributed by atoms with Crippen molar-refractivity contribution in [2.75, 3.05) is 7.11 Å². The summed E-state index contributed by atoms with van der Waals surface area (Å²) in [7, 11) is 1.53. The number of amides is 1. The smallest absolute Gasteiger partial charge is 0.490 e. The SMILES string of the molecule is COc1ccc2oc3cc([C@H](N[C@@H](CC(C)C)C(=O)NC4(C#N)CC4)C(F)(F)F)ccc3c2c1.O=C(O)C(F)(F)F. The maximum atomic E-state index is 14.2. The summed E-state index contributed by atoms with van der Waals surface area (Å²) in [6.07, 6.45) is -8.56. The van der Waals surface area contributed by atoms with E-state index in [9.17, 15) is 36.4 Å². The minimum Gasteiger partial charge on any atom is -0.497 e. The highest BCUT2D eigenvalue weighted by molar-refractivity contribution is 6.05. The Balaban J connectivity index is 0.000000587. The standard InChI is InChI=1S/C25H26F3N3O3.C2HF3O2/c1-14(2)10-19(23(32)31-24(13-29)8-9-24)30-22(25(26,27)28)15-4-6-17-18-12-16(33-3)5-7-20(18)34-21(17)11-15;3-2(4,5)1(6)7/h4-7,11-12,14,19,22,30H,8-10H2,1-3H3,(H,31,32);(H,6,7)/t19-,22-;/m0./s1. The molecule has 0 bridgehead atoms. The maximum absolute atomic E-state index is 14.2. The maximum Gasteiger partial charge on any atom is 0.490 e. The van der Waals surface area contributed by atoms with Crippen LogP contribution < -0.4 is 15.4 Å². The van der Waals surface area contributed by atoms with Crippen LogP contribution >= 0.6 is 0 Å². The predicted molar refractivity (Wildman–Crippen MR) is 135 cm³/mol. The number of carbonyl (C=O) groups is 2. The van der Waals surface area contributed by atoms with Gasteiger partial charge in [-0.05, 0) is 55.0 Å². The molecule has 2 aromatic carbocycles. The van der Waals surface area contributed by atoms with Gasteiger partial charge in [0.1, 0.15) is 28.5 Å². The second-order valence-electron chi connectivity index (χ2n) is 10.0. The van der Waals surface area contributed by atoms with E-state index in [0.717, 1.165) is 5.39 Å². The van der Waals surface area contributed by atoms with Crippen molar-refractivity contribution >= 4 is 33.8 Å². The van der Waals surface area contributed by atoms with Crippen molar-refractivity contribution in [3.63, 3.8) is 0 Å². The van der Waals surface area contributed by atoms with Crippen LogP contribution in [-0.4, -0.2) is 48.0 Å². The zero-order valence-corrected chi connectivity index (χ0v) is 22.1. The van der Waals surface area contributed by atoms with Gasteiger partial charge in [-0.2, -0.15) is 31.6 Å². The number of nitrogens with one attached hydrogen (secondary N) is 2. The molecule has 222 valence electrons. The van der Waals surface area contributed by atoms with Gasteiger partial charge in [-0.15, -0.1) is 0 Å². The zero-order chi connectivity index (χ0) is 30.8. The number of carbonyl (C=O) groups excluding carboxylic acids is 1. The van der Waals surface area contributed by atoms with Crippen LogP contribution in [0.25, 0.3) is 21.9 Å². The summed E-state index contributed by atoms with van der Waals surface area (Å²) in [5, 5.41) is 22.9. The number of hydrogen-bond donors (Lipinski definition) is 3. The molecule has 1 fully saturated rings. The van der Waals surface area contributed by atoms with Crippen LogP contribution in [-0.2, 0) is 9.59 Å².